The van der Waals surface area contributed by atoms with E-state index in [1.807, 2.05) is 12.2 Å². The Morgan fingerprint density at radius 3 is 2.11 bits per heavy atom. The second-order valence-electron chi connectivity index (χ2n) is 9.72. The first kappa shape index (κ1) is 25.2. The third-order valence-electron chi connectivity index (χ3n) is 7.27. The molecule has 5 rings (SSSR count). The van der Waals surface area contributed by atoms with Gasteiger partial charge in [0.2, 0.25) is 0 Å². The highest BCUT2D eigenvalue weighted by molar-refractivity contribution is 6.02. The van der Waals surface area contributed by atoms with E-state index < -0.39 is 0 Å². The van der Waals surface area contributed by atoms with E-state index in [1.54, 1.807) is 6.08 Å². The fourth-order valence-electron chi connectivity index (χ4n) is 5.26. The van der Waals surface area contributed by atoms with Gasteiger partial charge >= 0.3 is 0 Å². The molecule has 3 aromatic carbocycles. The third-order valence-corrected chi connectivity index (χ3v) is 7.27. The molecule has 0 heteroatoms. The fraction of sp³-hybridized carbons (Fsp3) is 0.105. The SMILES string of the molecule is C=CC=CC(=C)c1ccccccc(C2=CC=C(C3=CC=CCC3)CC2)c2ccc(-c3ccccc3)cc12. The van der Waals surface area contributed by atoms with Crippen molar-refractivity contribution < 1.29 is 0 Å². The molecule has 0 saturated heterocycles. The summed E-state index contributed by atoms with van der Waals surface area (Å²) in [5.74, 6) is 0. The summed E-state index contributed by atoms with van der Waals surface area (Å²) in [5, 5.41) is 2.42. The highest BCUT2D eigenvalue weighted by Gasteiger charge is 2.15. The van der Waals surface area contributed by atoms with Crippen LogP contribution in [0.2, 0.25) is 0 Å². The molecule has 3 aromatic rings. The van der Waals surface area contributed by atoms with Crippen molar-refractivity contribution in [2.75, 3.05) is 0 Å². The van der Waals surface area contributed by atoms with E-state index in [-0.39, 0.29) is 0 Å². The number of hydrogen-bond acceptors (Lipinski definition) is 0. The van der Waals surface area contributed by atoms with Crippen molar-refractivity contribution in [2.45, 2.75) is 25.7 Å². The lowest BCUT2D eigenvalue weighted by Crippen LogP contribution is -1.99. The lowest BCUT2D eigenvalue weighted by Gasteiger charge is -2.19. The van der Waals surface area contributed by atoms with E-state index in [0.29, 0.717) is 0 Å². The van der Waals surface area contributed by atoms with Gasteiger partial charge in [-0.25, -0.2) is 0 Å². The number of allylic oxidation sites excluding steroid dienone is 12. The fourth-order valence-corrected chi connectivity index (χ4v) is 5.26. The highest BCUT2D eigenvalue weighted by atomic mass is 14.2. The van der Waals surface area contributed by atoms with Gasteiger partial charge in [0.15, 0.2) is 0 Å². The molecule has 186 valence electrons. The van der Waals surface area contributed by atoms with Gasteiger partial charge in [-0.05, 0) is 87.1 Å². The molecule has 0 aromatic heterocycles. The molecule has 0 bridgehead atoms. The maximum Gasteiger partial charge on any atom is -0.00933 e. The minimum absolute atomic E-state index is 0.960. The Morgan fingerprint density at radius 2 is 1.37 bits per heavy atom. The van der Waals surface area contributed by atoms with Crippen LogP contribution in [0, 0.1) is 0 Å². The quantitative estimate of drug-likeness (QED) is 0.301. The van der Waals surface area contributed by atoms with Gasteiger partial charge in [-0.3, -0.25) is 0 Å². The van der Waals surface area contributed by atoms with Gasteiger partial charge < -0.3 is 0 Å². The molecular weight excluding hydrogens is 456 g/mol. The van der Waals surface area contributed by atoms with E-state index in [0.717, 1.165) is 36.8 Å². The van der Waals surface area contributed by atoms with Crippen LogP contribution in [0.1, 0.15) is 36.8 Å². The first-order chi connectivity index (χ1) is 18.7. The first-order valence-corrected chi connectivity index (χ1v) is 13.4. The van der Waals surface area contributed by atoms with Crippen molar-refractivity contribution in [3.63, 3.8) is 0 Å². The van der Waals surface area contributed by atoms with E-state index in [4.69, 9.17) is 0 Å². The van der Waals surface area contributed by atoms with Gasteiger partial charge in [0.25, 0.3) is 0 Å². The molecule has 0 heterocycles. The first-order valence-electron chi connectivity index (χ1n) is 13.4. The van der Waals surface area contributed by atoms with Crippen LogP contribution in [0.15, 0.2) is 158 Å². The van der Waals surface area contributed by atoms with Crippen LogP contribution in [-0.4, -0.2) is 0 Å². The standard InChI is InChI=1S/C38H34/c1-3-4-15-29(2)35-20-13-5-6-14-21-36(33-24-22-32(23-25-33)30-16-9-7-10-17-30)37-27-26-34(28-38(35)37)31-18-11-8-12-19-31/h3-9,11-16,18-22,24,26-28H,1-2,10,17,23,25H2. The molecule has 0 N–H and O–H groups in total. The Hall–Kier alpha value is -4.42. The average molecular weight is 491 g/mol. The van der Waals surface area contributed by atoms with Gasteiger partial charge in [0.05, 0.1) is 0 Å². The summed E-state index contributed by atoms with van der Waals surface area (Å²) in [6, 6.07) is 30.3. The smallest absolute Gasteiger partial charge is 0.00933 e. The van der Waals surface area contributed by atoms with Crippen LogP contribution >= 0.6 is 0 Å². The second kappa shape index (κ2) is 12.2. The van der Waals surface area contributed by atoms with Crippen LogP contribution in [0.4, 0.5) is 0 Å². The third kappa shape index (κ3) is 5.76. The molecule has 0 saturated carbocycles. The molecule has 0 atom stereocenters. The molecule has 0 unspecified atom stereocenters. The molecule has 0 nitrogen and oxygen atoms in total. The maximum absolute atomic E-state index is 4.43. The average Bonchev–Trinajstić information content (AvgIpc) is 2.98. The molecule has 0 spiro atoms. The van der Waals surface area contributed by atoms with Gasteiger partial charge in [-0.15, -0.1) is 0 Å². The predicted molar refractivity (Wildman–Crippen MR) is 167 cm³/mol. The van der Waals surface area contributed by atoms with Crippen molar-refractivity contribution >= 4 is 21.9 Å². The molecular formula is C38H34. The zero-order chi connectivity index (χ0) is 26.2. The van der Waals surface area contributed by atoms with Crippen LogP contribution in [0.3, 0.4) is 0 Å². The topological polar surface area (TPSA) is 0 Å². The van der Waals surface area contributed by atoms with Crippen molar-refractivity contribution in [3.05, 3.63) is 169 Å². The Bertz CT molecular complexity index is 1570. The summed E-state index contributed by atoms with van der Waals surface area (Å²) >= 11 is 0. The van der Waals surface area contributed by atoms with Gasteiger partial charge in [-0.2, -0.15) is 0 Å². The van der Waals surface area contributed by atoms with Crippen molar-refractivity contribution in [1.82, 2.24) is 0 Å². The lowest BCUT2D eigenvalue weighted by atomic mass is 9.85. The van der Waals surface area contributed by atoms with Crippen LogP contribution in [0.25, 0.3) is 33.0 Å². The number of hydrogen-bond donors (Lipinski definition) is 0. The van der Waals surface area contributed by atoms with Crippen LogP contribution in [0.5, 0.6) is 0 Å². The molecule has 2 aliphatic carbocycles. The monoisotopic (exact) mass is 490 g/mol. The molecule has 2 aliphatic rings. The number of rotatable bonds is 6. The summed E-state index contributed by atoms with van der Waals surface area (Å²) < 4.78 is 0. The van der Waals surface area contributed by atoms with Crippen LogP contribution in [-0.2, 0) is 0 Å². The Kier molecular flexibility index (Phi) is 8.11. The minimum atomic E-state index is 0.960. The van der Waals surface area contributed by atoms with E-state index in [1.165, 1.54) is 44.2 Å². The Labute approximate surface area is 227 Å². The van der Waals surface area contributed by atoms with E-state index in [9.17, 15) is 0 Å². The minimum Gasteiger partial charge on any atom is -0.0991 e. The highest BCUT2D eigenvalue weighted by Crippen LogP contribution is 2.37. The Morgan fingerprint density at radius 1 is 0.658 bits per heavy atom. The van der Waals surface area contributed by atoms with Gasteiger partial charge in [0.1, 0.15) is 0 Å². The molecule has 0 amide bonds. The van der Waals surface area contributed by atoms with E-state index >= 15 is 0 Å². The second-order valence-corrected chi connectivity index (χ2v) is 9.72. The number of benzene rings is 2. The van der Waals surface area contributed by atoms with Crippen molar-refractivity contribution in [1.29, 1.82) is 0 Å². The van der Waals surface area contributed by atoms with Crippen molar-refractivity contribution in [3.8, 4) is 11.1 Å². The molecule has 0 aliphatic heterocycles. The maximum atomic E-state index is 4.43. The normalized spacial score (nSPS) is 14.9. The zero-order valence-corrected chi connectivity index (χ0v) is 21.9. The summed E-state index contributed by atoms with van der Waals surface area (Å²) in [7, 11) is 0. The zero-order valence-electron chi connectivity index (χ0n) is 21.9. The largest absolute Gasteiger partial charge is 0.0991 e. The van der Waals surface area contributed by atoms with Crippen molar-refractivity contribution in [2.24, 2.45) is 0 Å². The predicted octanol–water partition coefficient (Wildman–Crippen LogP) is 10.8. The molecule has 0 fully saturated rings. The molecule has 38 heavy (non-hydrogen) atoms. The Balaban J connectivity index is 1.75. The van der Waals surface area contributed by atoms with Gasteiger partial charge in [-0.1, -0.05) is 141 Å². The van der Waals surface area contributed by atoms with Gasteiger partial charge in [0, 0.05) is 0 Å². The van der Waals surface area contributed by atoms with Crippen LogP contribution < -0.4 is 0 Å². The summed E-state index contributed by atoms with van der Waals surface area (Å²) in [6.07, 6.45) is 21.6. The summed E-state index contributed by atoms with van der Waals surface area (Å²) in [5.41, 5.74) is 10.1. The summed E-state index contributed by atoms with van der Waals surface area (Å²) in [6.45, 7) is 8.28. The summed E-state index contributed by atoms with van der Waals surface area (Å²) in [4.78, 5) is 0. The van der Waals surface area contributed by atoms with E-state index in [2.05, 4.69) is 128 Å². The number of fused-ring (bicyclic) bond motifs is 1. The molecule has 0 radical (unpaired) electrons. The lowest BCUT2D eigenvalue weighted by molar-refractivity contribution is 0.905.